The van der Waals surface area contributed by atoms with Gasteiger partial charge in [0.1, 0.15) is 16.7 Å². The first kappa shape index (κ1) is 6.81. The summed E-state index contributed by atoms with van der Waals surface area (Å²) >= 11 is 8.98. The van der Waals surface area contributed by atoms with Gasteiger partial charge < -0.3 is 0 Å². The van der Waals surface area contributed by atoms with Gasteiger partial charge in [0.25, 0.3) is 0 Å². The fourth-order valence-corrected chi connectivity index (χ4v) is 1.38. The second kappa shape index (κ2) is 2.31. The largest absolute Gasteiger partial charge is 0.276 e. The van der Waals surface area contributed by atoms with Crippen LogP contribution in [0.2, 0.25) is 0 Å². The Balaban J connectivity index is 2.90. The Kier molecular flexibility index (Phi) is 1.43. The zero-order valence-electron chi connectivity index (χ0n) is 5.35. The lowest BCUT2D eigenvalue weighted by atomic mass is 10.4. The Morgan fingerprint density at radius 3 is 3.18 bits per heavy atom. The zero-order chi connectivity index (χ0) is 7.84. The second-order valence-corrected chi connectivity index (χ2v) is 2.85. The van der Waals surface area contributed by atoms with E-state index in [1.165, 1.54) is 10.4 Å². The number of rotatable bonds is 0. The van der Waals surface area contributed by atoms with E-state index in [-0.39, 0.29) is 0 Å². The maximum absolute atomic E-state index is 4.90. The first-order chi connectivity index (χ1) is 5.27. The molecule has 0 saturated heterocycles. The molecule has 0 atom stereocenters. The fraction of sp³-hybridized carbons (Fsp3) is 0. The molecule has 0 unspecified atom stereocenters. The van der Waals surface area contributed by atoms with Gasteiger partial charge in [-0.3, -0.25) is 5.10 Å². The maximum atomic E-state index is 4.90. The second-order valence-electron chi connectivity index (χ2n) is 2.01. The van der Waals surface area contributed by atoms with Gasteiger partial charge in [-0.25, -0.2) is 14.1 Å². The van der Waals surface area contributed by atoms with Crippen LogP contribution in [0.4, 0.5) is 0 Å². The van der Waals surface area contributed by atoms with Crippen molar-refractivity contribution in [1.29, 1.82) is 0 Å². The van der Waals surface area contributed by atoms with Crippen molar-refractivity contribution < 1.29 is 0 Å². The van der Waals surface area contributed by atoms with Crippen LogP contribution in [0.5, 0.6) is 0 Å². The highest BCUT2D eigenvalue weighted by Gasteiger charge is 2.07. The van der Waals surface area contributed by atoms with E-state index in [0.29, 0.717) is 10.5 Å². The van der Waals surface area contributed by atoms with E-state index in [9.17, 15) is 0 Å². The van der Waals surface area contributed by atoms with E-state index in [4.69, 9.17) is 12.2 Å². The number of nitrogens with one attached hydrogen (secondary N) is 1. The van der Waals surface area contributed by atoms with Crippen molar-refractivity contribution in [1.82, 2.24) is 19.2 Å². The molecular weight excluding hydrogens is 180 g/mol. The molecule has 6 heteroatoms. The van der Waals surface area contributed by atoms with Crippen LogP contribution in [0.1, 0.15) is 0 Å². The minimum atomic E-state index is 0.591. The van der Waals surface area contributed by atoms with Crippen molar-refractivity contribution in [3.63, 3.8) is 0 Å². The lowest BCUT2D eigenvalue weighted by Crippen LogP contribution is -1.97. The number of nitrogens with zero attached hydrogens (tertiary/aromatic N) is 3. The van der Waals surface area contributed by atoms with Gasteiger partial charge in [0, 0.05) is 6.07 Å². The Labute approximate surface area is 73.2 Å². The number of imidazole rings is 1. The normalized spacial score (nSPS) is 10.6. The van der Waals surface area contributed by atoms with Gasteiger partial charge >= 0.3 is 0 Å². The lowest BCUT2D eigenvalue weighted by Gasteiger charge is -2.01. The molecule has 0 radical (unpaired) electrons. The van der Waals surface area contributed by atoms with Gasteiger partial charge in [-0.15, -0.1) is 0 Å². The highest BCUT2D eigenvalue weighted by atomic mass is 32.1. The topological polar surface area (TPSA) is 46.5 Å². The number of hydrogen-bond donors (Lipinski definition) is 2. The molecule has 0 bridgehead atoms. The smallest absolute Gasteiger partial charge is 0.185 e. The first-order valence-corrected chi connectivity index (χ1v) is 3.70. The van der Waals surface area contributed by atoms with Gasteiger partial charge in [0.05, 0.1) is 0 Å². The summed E-state index contributed by atoms with van der Waals surface area (Å²) in [5, 5.41) is 2.79. The Hall–Kier alpha value is -0.880. The van der Waals surface area contributed by atoms with Crippen molar-refractivity contribution >= 4 is 25.0 Å². The summed E-state index contributed by atoms with van der Waals surface area (Å²) in [6, 6.07) is 1.74. The Morgan fingerprint density at radius 1 is 1.55 bits per heavy atom. The van der Waals surface area contributed by atoms with Crippen molar-refractivity contribution in [2.24, 2.45) is 0 Å². The standard InChI is InChI=1S/C5H4N4S2/c10-4-1-3-5(7-2-6-3)9(11)8-4/h1-2,11H,(H,8,10). The molecule has 0 aliphatic carbocycles. The summed E-state index contributed by atoms with van der Waals surface area (Å²) < 4.78 is 2.04. The van der Waals surface area contributed by atoms with E-state index >= 15 is 0 Å². The molecule has 11 heavy (non-hydrogen) atoms. The molecular formula is C5H4N4S2. The van der Waals surface area contributed by atoms with Crippen LogP contribution in [-0.4, -0.2) is 19.2 Å². The van der Waals surface area contributed by atoms with Crippen LogP contribution in [-0.2, 0) is 0 Å². The molecule has 0 saturated carbocycles. The monoisotopic (exact) mass is 184 g/mol. The molecule has 0 aromatic carbocycles. The molecule has 2 aliphatic heterocycles. The van der Waals surface area contributed by atoms with Gasteiger partial charge in [0.2, 0.25) is 0 Å². The molecule has 1 N–H and O–H groups in total. The van der Waals surface area contributed by atoms with Crippen LogP contribution < -0.4 is 0 Å². The predicted octanol–water partition coefficient (Wildman–Crippen LogP) is 1.13. The van der Waals surface area contributed by atoms with E-state index in [1.807, 2.05) is 0 Å². The van der Waals surface area contributed by atoms with E-state index in [2.05, 4.69) is 27.9 Å². The number of aromatic nitrogens is 4. The quantitative estimate of drug-likeness (QED) is 0.476. The molecule has 2 aliphatic rings. The molecule has 0 spiro atoms. The maximum Gasteiger partial charge on any atom is 0.185 e. The summed E-state index contributed by atoms with van der Waals surface area (Å²) in [6.07, 6.45) is 1.47. The van der Waals surface area contributed by atoms with E-state index in [1.54, 1.807) is 6.07 Å². The van der Waals surface area contributed by atoms with Gasteiger partial charge in [-0.2, -0.15) is 0 Å². The average molecular weight is 184 g/mol. The van der Waals surface area contributed by atoms with E-state index in [0.717, 1.165) is 5.69 Å². The molecule has 4 nitrogen and oxygen atoms in total. The van der Waals surface area contributed by atoms with Crippen LogP contribution in [0, 0.1) is 4.64 Å². The highest BCUT2D eigenvalue weighted by Crippen LogP contribution is 2.15. The van der Waals surface area contributed by atoms with Crippen molar-refractivity contribution in [2.75, 3.05) is 0 Å². The minimum absolute atomic E-state index is 0.591. The predicted molar refractivity (Wildman–Crippen MR) is 46.2 cm³/mol. The summed E-state index contributed by atoms with van der Waals surface area (Å²) in [7, 11) is 0. The van der Waals surface area contributed by atoms with Crippen LogP contribution in [0.15, 0.2) is 12.4 Å². The summed E-state index contributed by atoms with van der Waals surface area (Å²) in [4.78, 5) is 7.93. The van der Waals surface area contributed by atoms with Crippen LogP contribution in [0.25, 0.3) is 11.5 Å². The number of H-pyrrole nitrogens is 1. The summed E-state index contributed by atoms with van der Waals surface area (Å²) in [6.45, 7) is 0. The molecule has 2 rings (SSSR count). The highest BCUT2D eigenvalue weighted by molar-refractivity contribution is 7.78. The molecule has 0 amide bonds. The third-order valence-corrected chi connectivity index (χ3v) is 1.79. The minimum Gasteiger partial charge on any atom is -0.276 e. The number of thiol groups is 1. The number of fused-ring (bicyclic) bond motifs is 1. The molecule has 0 aromatic rings. The number of aromatic amines is 1. The third kappa shape index (κ3) is 1.04. The SMILES string of the molecule is S=c1cc2ncnc-2n(S)[nH]1. The lowest BCUT2D eigenvalue weighted by molar-refractivity contribution is 0.938. The molecule has 56 valence electrons. The molecule has 0 fully saturated rings. The Morgan fingerprint density at radius 2 is 2.36 bits per heavy atom. The first-order valence-electron chi connectivity index (χ1n) is 2.89. The van der Waals surface area contributed by atoms with Crippen molar-refractivity contribution in [3.05, 3.63) is 17.0 Å². The zero-order valence-corrected chi connectivity index (χ0v) is 7.06. The van der Waals surface area contributed by atoms with E-state index < -0.39 is 0 Å². The third-order valence-electron chi connectivity index (χ3n) is 1.29. The average Bonchev–Trinajstić information content (AvgIpc) is 2.34. The van der Waals surface area contributed by atoms with Crippen molar-refractivity contribution in [2.45, 2.75) is 0 Å². The summed E-state index contributed by atoms with van der Waals surface area (Å²) in [5.74, 6) is 0.682. The molecule has 2 heterocycles. The van der Waals surface area contributed by atoms with Crippen LogP contribution >= 0.6 is 25.0 Å². The molecule has 0 aromatic heterocycles. The fourth-order valence-electron chi connectivity index (χ4n) is 0.848. The Bertz CT molecular complexity index is 403. The van der Waals surface area contributed by atoms with Crippen LogP contribution in [0.3, 0.4) is 0 Å². The van der Waals surface area contributed by atoms with Crippen molar-refractivity contribution in [3.8, 4) is 11.5 Å². The number of hydrogen-bond acceptors (Lipinski definition) is 4. The van der Waals surface area contributed by atoms with Gasteiger partial charge in [0.15, 0.2) is 5.82 Å². The summed E-state index contributed by atoms with van der Waals surface area (Å²) in [5.41, 5.74) is 0.753. The van der Waals surface area contributed by atoms with Gasteiger partial charge in [-0.1, -0.05) is 12.2 Å². The van der Waals surface area contributed by atoms with Gasteiger partial charge in [-0.05, 0) is 12.8 Å².